The molecule has 0 spiro atoms. The van der Waals surface area contributed by atoms with Crippen molar-refractivity contribution >= 4 is 53.9 Å². The van der Waals surface area contributed by atoms with E-state index in [0.29, 0.717) is 5.82 Å². The summed E-state index contributed by atoms with van der Waals surface area (Å²) in [6.45, 7) is 0. The van der Waals surface area contributed by atoms with Crippen LogP contribution in [0.5, 0.6) is 0 Å². The summed E-state index contributed by atoms with van der Waals surface area (Å²) in [5, 5.41) is 12.4. The van der Waals surface area contributed by atoms with Crippen LogP contribution in [-0.2, 0) is 0 Å². The molecule has 0 aliphatic carbocycles. The van der Waals surface area contributed by atoms with Crippen LogP contribution in [-0.4, -0.2) is 9.97 Å². The largest absolute Gasteiger partial charge is 0.228 e. The van der Waals surface area contributed by atoms with Crippen molar-refractivity contribution in [3.8, 4) is 45.0 Å². The topological polar surface area (TPSA) is 25.8 Å². The Morgan fingerprint density at radius 1 is 0.300 bits per heavy atom. The highest BCUT2D eigenvalue weighted by Crippen LogP contribution is 2.41. The lowest BCUT2D eigenvalue weighted by Crippen LogP contribution is -1.96. The molecule has 0 fully saturated rings. The van der Waals surface area contributed by atoms with Gasteiger partial charge >= 0.3 is 0 Å². The zero-order valence-corrected chi connectivity index (χ0v) is 27.2. The van der Waals surface area contributed by atoms with E-state index < -0.39 is 0 Å². The summed E-state index contributed by atoms with van der Waals surface area (Å²) in [7, 11) is 0. The summed E-state index contributed by atoms with van der Waals surface area (Å²) in [5.41, 5.74) is 7.39. The van der Waals surface area contributed by atoms with Crippen LogP contribution in [0.15, 0.2) is 182 Å². The summed E-state index contributed by atoms with van der Waals surface area (Å²) in [6, 6.07) is 65.1. The van der Waals surface area contributed by atoms with Crippen LogP contribution in [0.1, 0.15) is 0 Å². The quantitative estimate of drug-likeness (QED) is 0.142. The molecule has 0 saturated carbocycles. The first-order valence-electron chi connectivity index (χ1n) is 17.1. The van der Waals surface area contributed by atoms with E-state index in [0.717, 1.165) is 28.1 Å². The smallest absolute Gasteiger partial charge is 0.160 e. The molecule has 0 saturated heterocycles. The Bertz CT molecular complexity index is 2910. The Kier molecular flexibility index (Phi) is 6.53. The van der Waals surface area contributed by atoms with E-state index in [9.17, 15) is 0 Å². The maximum atomic E-state index is 5.20. The molecule has 0 amide bonds. The van der Waals surface area contributed by atoms with Gasteiger partial charge in [-0.1, -0.05) is 170 Å². The minimum atomic E-state index is 0.714. The molecule has 232 valence electrons. The Morgan fingerprint density at radius 3 is 1.72 bits per heavy atom. The maximum absolute atomic E-state index is 5.20. The van der Waals surface area contributed by atoms with Crippen LogP contribution in [0.4, 0.5) is 0 Å². The normalized spacial score (nSPS) is 11.6. The van der Waals surface area contributed by atoms with Crippen molar-refractivity contribution in [1.29, 1.82) is 0 Å². The van der Waals surface area contributed by atoms with Crippen LogP contribution in [0.2, 0.25) is 0 Å². The van der Waals surface area contributed by atoms with Crippen molar-refractivity contribution in [2.75, 3.05) is 0 Å². The van der Waals surface area contributed by atoms with Gasteiger partial charge in [-0.2, -0.15) is 0 Å². The van der Waals surface area contributed by atoms with Gasteiger partial charge in [0.05, 0.1) is 11.4 Å². The van der Waals surface area contributed by atoms with E-state index in [-0.39, 0.29) is 0 Å². The van der Waals surface area contributed by atoms with Gasteiger partial charge in [-0.3, -0.25) is 0 Å². The number of aromatic nitrogens is 2. The molecule has 1 heterocycles. The molecule has 0 radical (unpaired) electrons. The first kappa shape index (κ1) is 28.4. The van der Waals surface area contributed by atoms with Gasteiger partial charge in [0.15, 0.2) is 5.82 Å². The van der Waals surface area contributed by atoms with Gasteiger partial charge in [0, 0.05) is 16.7 Å². The predicted octanol–water partition coefficient (Wildman–Crippen LogP) is 12.9. The van der Waals surface area contributed by atoms with Crippen LogP contribution in [0, 0.1) is 0 Å². The van der Waals surface area contributed by atoms with Gasteiger partial charge in [0.1, 0.15) is 0 Å². The summed E-state index contributed by atoms with van der Waals surface area (Å²) in [6.07, 6.45) is 0. The Balaban J connectivity index is 1.17. The molecule has 0 N–H and O–H groups in total. The highest BCUT2D eigenvalue weighted by molar-refractivity contribution is 6.20. The molecular formula is C48H30N2. The lowest BCUT2D eigenvalue weighted by atomic mass is 9.89. The van der Waals surface area contributed by atoms with Crippen molar-refractivity contribution in [2.24, 2.45) is 0 Å². The van der Waals surface area contributed by atoms with Gasteiger partial charge in [-0.25, -0.2) is 9.97 Å². The zero-order chi connectivity index (χ0) is 33.0. The summed E-state index contributed by atoms with van der Waals surface area (Å²) in [4.78, 5) is 10.4. The van der Waals surface area contributed by atoms with Crippen molar-refractivity contribution < 1.29 is 0 Å². The minimum Gasteiger partial charge on any atom is -0.228 e. The predicted molar refractivity (Wildman–Crippen MR) is 211 cm³/mol. The fourth-order valence-electron chi connectivity index (χ4n) is 7.66. The van der Waals surface area contributed by atoms with Crippen molar-refractivity contribution in [1.82, 2.24) is 9.97 Å². The van der Waals surface area contributed by atoms with E-state index in [1.54, 1.807) is 0 Å². The van der Waals surface area contributed by atoms with Crippen LogP contribution in [0.25, 0.3) is 98.9 Å². The lowest BCUT2D eigenvalue weighted by molar-refractivity contribution is 1.19. The van der Waals surface area contributed by atoms with E-state index in [1.807, 2.05) is 18.2 Å². The number of fused-ring (bicyclic) bond motifs is 7. The highest BCUT2D eigenvalue weighted by atomic mass is 14.9. The average molecular weight is 635 g/mol. The molecule has 0 unspecified atom stereocenters. The second-order valence-corrected chi connectivity index (χ2v) is 13.0. The number of benzene rings is 9. The fourth-order valence-corrected chi connectivity index (χ4v) is 7.66. The van der Waals surface area contributed by atoms with Crippen molar-refractivity contribution in [3.63, 3.8) is 0 Å². The molecule has 1 aromatic heterocycles. The summed E-state index contributed by atoms with van der Waals surface area (Å²) in [5.74, 6) is 0.714. The third-order valence-electron chi connectivity index (χ3n) is 10.0. The molecule has 2 heteroatoms. The maximum Gasteiger partial charge on any atom is 0.160 e. The first-order valence-corrected chi connectivity index (χ1v) is 17.1. The standard InChI is InChI=1S/C48H30N2/c1-2-13-36(14-3-1)48-49-44(30-45(50-48)42-20-10-16-34-24-21-32-12-5-8-18-39(32)47(34)42)33-22-25-35(26-23-33)46-40-19-9-6-15-37(40)29-43-38-17-7-4-11-31(38)27-28-41(43)46/h1-30H. The molecule has 0 aliphatic heterocycles. The highest BCUT2D eigenvalue weighted by Gasteiger charge is 2.16. The molecule has 10 rings (SSSR count). The number of nitrogens with zero attached hydrogens (tertiary/aromatic N) is 2. The van der Waals surface area contributed by atoms with Gasteiger partial charge in [-0.05, 0) is 77.1 Å². The van der Waals surface area contributed by atoms with Crippen LogP contribution < -0.4 is 0 Å². The second-order valence-electron chi connectivity index (χ2n) is 13.0. The number of rotatable bonds is 4. The van der Waals surface area contributed by atoms with Gasteiger partial charge in [0.25, 0.3) is 0 Å². The molecule has 50 heavy (non-hydrogen) atoms. The zero-order valence-electron chi connectivity index (χ0n) is 27.2. The Morgan fingerprint density at radius 2 is 0.900 bits per heavy atom. The third kappa shape index (κ3) is 4.65. The summed E-state index contributed by atoms with van der Waals surface area (Å²) >= 11 is 0. The van der Waals surface area contributed by atoms with E-state index >= 15 is 0 Å². The SMILES string of the molecule is c1ccc(-c2nc(-c3ccc(-c4c5ccccc5cc5c4ccc4ccccc45)cc3)cc(-c3cccc4ccc5ccccc5c34)n2)cc1. The molecule has 10 aromatic rings. The average Bonchev–Trinajstić information content (AvgIpc) is 3.20. The molecule has 2 nitrogen and oxygen atoms in total. The van der Waals surface area contributed by atoms with Gasteiger partial charge in [-0.15, -0.1) is 0 Å². The molecule has 0 atom stereocenters. The van der Waals surface area contributed by atoms with Crippen LogP contribution >= 0.6 is 0 Å². The monoisotopic (exact) mass is 634 g/mol. The van der Waals surface area contributed by atoms with Crippen LogP contribution in [0.3, 0.4) is 0 Å². The Labute approximate surface area is 290 Å². The lowest BCUT2D eigenvalue weighted by Gasteiger charge is -2.15. The summed E-state index contributed by atoms with van der Waals surface area (Å²) < 4.78 is 0. The molecule has 0 bridgehead atoms. The first-order chi connectivity index (χ1) is 24.8. The molecular weight excluding hydrogens is 605 g/mol. The van der Waals surface area contributed by atoms with E-state index in [4.69, 9.17) is 9.97 Å². The third-order valence-corrected chi connectivity index (χ3v) is 10.0. The fraction of sp³-hybridized carbons (Fsp3) is 0. The number of hydrogen-bond donors (Lipinski definition) is 0. The van der Waals surface area contributed by atoms with Crippen molar-refractivity contribution in [2.45, 2.75) is 0 Å². The molecule has 0 aliphatic rings. The van der Waals surface area contributed by atoms with Crippen molar-refractivity contribution in [3.05, 3.63) is 182 Å². The Hall–Kier alpha value is -6.64. The van der Waals surface area contributed by atoms with Gasteiger partial charge in [0.2, 0.25) is 0 Å². The molecule has 9 aromatic carbocycles. The minimum absolute atomic E-state index is 0.714. The van der Waals surface area contributed by atoms with E-state index in [2.05, 4.69) is 164 Å². The second kappa shape index (κ2) is 11.5. The van der Waals surface area contributed by atoms with Gasteiger partial charge < -0.3 is 0 Å². The van der Waals surface area contributed by atoms with E-state index in [1.165, 1.54) is 65.0 Å². The number of hydrogen-bond acceptors (Lipinski definition) is 2.